The van der Waals surface area contributed by atoms with Gasteiger partial charge < -0.3 is 14.4 Å². The Morgan fingerprint density at radius 2 is 1.93 bits per heavy atom. The maximum absolute atomic E-state index is 13.0. The molecule has 6 nitrogen and oxygen atoms in total. The number of hydrogen-bond donors (Lipinski definition) is 0. The molecular weight excluding hydrogens is 340 g/mol. The number of carbonyl (C=O) groups is 2. The van der Waals surface area contributed by atoms with Crippen LogP contribution in [0.2, 0.25) is 0 Å². The number of hydrogen-bond acceptors (Lipinski definition) is 3. The Kier molecular flexibility index (Phi) is 4.72. The molecule has 27 heavy (non-hydrogen) atoms. The van der Waals surface area contributed by atoms with Crippen molar-refractivity contribution in [3.8, 4) is 0 Å². The van der Waals surface area contributed by atoms with Gasteiger partial charge in [-0.05, 0) is 38.8 Å². The lowest BCUT2D eigenvalue weighted by molar-refractivity contribution is -0.129. The second-order valence-corrected chi connectivity index (χ2v) is 7.59. The molecule has 0 N–H and O–H groups in total. The first-order chi connectivity index (χ1) is 13.0. The lowest BCUT2D eigenvalue weighted by Gasteiger charge is -2.33. The first kappa shape index (κ1) is 17.8. The summed E-state index contributed by atoms with van der Waals surface area (Å²) in [6.45, 7) is 7.09. The Hall–Kier alpha value is -2.63. The van der Waals surface area contributed by atoms with Crippen LogP contribution < -0.4 is 0 Å². The standard InChI is InChI=1S/C21H26N4O2/c1-15-6-5-7-17(12-15)21(27)25-11-10-24-14-18(22-20(24)16(25)2)13-19(26)23-8-3-4-9-23/h5-7,12,14,16H,3-4,8-11,13H2,1-2H3. The van der Waals surface area contributed by atoms with Crippen molar-refractivity contribution in [3.05, 3.63) is 53.1 Å². The van der Waals surface area contributed by atoms with Crippen molar-refractivity contribution in [3.63, 3.8) is 0 Å². The molecule has 0 spiro atoms. The minimum atomic E-state index is -0.109. The van der Waals surface area contributed by atoms with Gasteiger partial charge in [0.15, 0.2) is 0 Å². The van der Waals surface area contributed by atoms with Crippen LogP contribution in [0.25, 0.3) is 0 Å². The van der Waals surface area contributed by atoms with Crippen LogP contribution >= 0.6 is 0 Å². The molecule has 2 amide bonds. The molecule has 1 atom stereocenters. The largest absolute Gasteiger partial charge is 0.342 e. The molecule has 2 aliphatic heterocycles. The predicted octanol–water partition coefficient (Wildman–Crippen LogP) is 2.57. The van der Waals surface area contributed by atoms with Crippen LogP contribution in [-0.2, 0) is 17.8 Å². The zero-order chi connectivity index (χ0) is 19.0. The fraction of sp³-hybridized carbons (Fsp3) is 0.476. The third-order valence-electron chi connectivity index (χ3n) is 5.60. The van der Waals surface area contributed by atoms with Gasteiger partial charge in [-0.2, -0.15) is 0 Å². The van der Waals surface area contributed by atoms with Crippen LogP contribution in [0.5, 0.6) is 0 Å². The van der Waals surface area contributed by atoms with Crippen LogP contribution in [0.3, 0.4) is 0 Å². The first-order valence-electron chi connectivity index (χ1n) is 9.74. The molecule has 1 unspecified atom stereocenters. The van der Waals surface area contributed by atoms with Gasteiger partial charge in [0.05, 0.1) is 18.2 Å². The summed E-state index contributed by atoms with van der Waals surface area (Å²) >= 11 is 0. The zero-order valence-electron chi connectivity index (χ0n) is 16.0. The molecule has 0 radical (unpaired) electrons. The monoisotopic (exact) mass is 366 g/mol. The summed E-state index contributed by atoms with van der Waals surface area (Å²) in [7, 11) is 0. The highest BCUT2D eigenvalue weighted by atomic mass is 16.2. The molecule has 4 rings (SSSR count). The number of fused-ring (bicyclic) bond motifs is 1. The Labute approximate surface area is 159 Å². The van der Waals surface area contributed by atoms with Crippen LogP contribution in [0.4, 0.5) is 0 Å². The van der Waals surface area contributed by atoms with E-state index in [1.165, 1.54) is 0 Å². The molecule has 2 aromatic rings. The number of aryl methyl sites for hydroxylation is 1. The number of benzene rings is 1. The van der Waals surface area contributed by atoms with Crippen LogP contribution in [0.15, 0.2) is 30.5 Å². The summed E-state index contributed by atoms with van der Waals surface area (Å²) in [5.41, 5.74) is 2.60. The average molecular weight is 366 g/mol. The second-order valence-electron chi connectivity index (χ2n) is 7.59. The summed E-state index contributed by atoms with van der Waals surface area (Å²) in [6, 6.07) is 7.59. The number of nitrogens with zero attached hydrogens (tertiary/aromatic N) is 4. The van der Waals surface area contributed by atoms with E-state index in [1.54, 1.807) is 0 Å². The number of likely N-dealkylation sites (tertiary alicyclic amines) is 1. The Bertz CT molecular complexity index is 867. The van der Waals surface area contributed by atoms with Gasteiger partial charge in [-0.15, -0.1) is 0 Å². The van der Waals surface area contributed by atoms with E-state index in [2.05, 4.69) is 4.57 Å². The molecule has 0 aliphatic carbocycles. The molecule has 1 fully saturated rings. The average Bonchev–Trinajstić information content (AvgIpc) is 3.31. The molecule has 0 bridgehead atoms. The van der Waals surface area contributed by atoms with Crippen LogP contribution in [-0.4, -0.2) is 50.8 Å². The maximum atomic E-state index is 13.0. The van der Waals surface area contributed by atoms with Gasteiger partial charge in [0, 0.05) is 37.9 Å². The van der Waals surface area contributed by atoms with E-state index >= 15 is 0 Å². The molecule has 1 aromatic heterocycles. The van der Waals surface area contributed by atoms with E-state index in [9.17, 15) is 9.59 Å². The Morgan fingerprint density at radius 1 is 1.15 bits per heavy atom. The van der Waals surface area contributed by atoms with E-state index in [0.29, 0.717) is 25.1 Å². The van der Waals surface area contributed by atoms with Gasteiger partial charge >= 0.3 is 0 Å². The molecule has 2 aliphatic rings. The summed E-state index contributed by atoms with van der Waals surface area (Å²) < 4.78 is 2.09. The van der Waals surface area contributed by atoms with Crippen molar-refractivity contribution in [2.45, 2.75) is 45.7 Å². The smallest absolute Gasteiger partial charge is 0.254 e. The highest BCUT2D eigenvalue weighted by Crippen LogP contribution is 2.27. The fourth-order valence-corrected chi connectivity index (χ4v) is 4.09. The molecule has 6 heteroatoms. The number of aromatic nitrogens is 2. The van der Waals surface area contributed by atoms with Gasteiger partial charge in [-0.1, -0.05) is 17.7 Å². The van der Waals surface area contributed by atoms with Crippen molar-refractivity contribution in [2.75, 3.05) is 19.6 Å². The Balaban J connectivity index is 1.50. The topological polar surface area (TPSA) is 58.4 Å². The van der Waals surface area contributed by atoms with Gasteiger partial charge in [-0.3, -0.25) is 9.59 Å². The van der Waals surface area contributed by atoms with Crippen LogP contribution in [0.1, 0.15) is 53.2 Å². The summed E-state index contributed by atoms with van der Waals surface area (Å²) in [4.78, 5) is 33.9. The van der Waals surface area contributed by atoms with Crippen LogP contribution in [0, 0.1) is 6.92 Å². The van der Waals surface area contributed by atoms with E-state index < -0.39 is 0 Å². The fourth-order valence-electron chi connectivity index (χ4n) is 4.09. The number of rotatable bonds is 3. The summed E-state index contributed by atoms with van der Waals surface area (Å²) in [5.74, 6) is 1.06. The third kappa shape index (κ3) is 3.48. The highest BCUT2D eigenvalue weighted by Gasteiger charge is 2.31. The zero-order valence-corrected chi connectivity index (χ0v) is 16.0. The van der Waals surface area contributed by atoms with E-state index in [-0.39, 0.29) is 17.9 Å². The second kappa shape index (κ2) is 7.18. The van der Waals surface area contributed by atoms with E-state index in [4.69, 9.17) is 4.98 Å². The molecule has 3 heterocycles. The maximum Gasteiger partial charge on any atom is 0.254 e. The summed E-state index contributed by atoms with van der Waals surface area (Å²) in [5, 5.41) is 0. The highest BCUT2D eigenvalue weighted by molar-refractivity contribution is 5.94. The normalized spacial score (nSPS) is 19.3. The van der Waals surface area contributed by atoms with E-state index in [0.717, 1.165) is 43.0 Å². The SMILES string of the molecule is Cc1cccc(C(=O)N2CCn3cc(CC(=O)N4CCCC4)nc3C2C)c1. The summed E-state index contributed by atoms with van der Waals surface area (Å²) in [6.07, 6.45) is 4.52. The van der Waals surface area contributed by atoms with Crippen molar-refractivity contribution in [1.29, 1.82) is 0 Å². The minimum absolute atomic E-state index is 0.0372. The molecule has 0 saturated carbocycles. The van der Waals surface area contributed by atoms with Gasteiger partial charge in [0.1, 0.15) is 5.82 Å². The van der Waals surface area contributed by atoms with Crippen molar-refractivity contribution < 1.29 is 9.59 Å². The molecule has 142 valence electrons. The van der Waals surface area contributed by atoms with Crippen molar-refractivity contribution >= 4 is 11.8 Å². The van der Waals surface area contributed by atoms with Crippen molar-refractivity contribution in [1.82, 2.24) is 19.4 Å². The lowest BCUT2D eigenvalue weighted by atomic mass is 10.1. The predicted molar refractivity (Wildman–Crippen MR) is 102 cm³/mol. The molecule has 1 aromatic carbocycles. The van der Waals surface area contributed by atoms with E-state index in [1.807, 2.05) is 54.1 Å². The Morgan fingerprint density at radius 3 is 2.67 bits per heavy atom. The quantitative estimate of drug-likeness (QED) is 0.839. The van der Waals surface area contributed by atoms with Gasteiger partial charge in [0.2, 0.25) is 5.91 Å². The third-order valence-corrected chi connectivity index (χ3v) is 5.60. The minimum Gasteiger partial charge on any atom is -0.342 e. The number of imidazole rings is 1. The number of amides is 2. The molecule has 1 saturated heterocycles. The van der Waals surface area contributed by atoms with Gasteiger partial charge in [0.25, 0.3) is 5.91 Å². The first-order valence-corrected chi connectivity index (χ1v) is 9.74. The van der Waals surface area contributed by atoms with Crippen molar-refractivity contribution in [2.24, 2.45) is 0 Å². The molecular formula is C21H26N4O2. The van der Waals surface area contributed by atoms with Gasteiger partial charge in [-0.25, -0.2) is 4.98 Å². The lowest BCUT2D eigenvalue weighted by Crippen LogP contribution is -2.41. The number of carbonyl (C=O) groups excluding carboxylic acids is 2.